The second-order valence-corrected chi connectivity index (χ2v) is 7.21. The van der Waals surface area contributed by atoms with Gasteiger partial charge in [-0.2, -0.15) is 0 Å². The van der Waals surface area contributed by atoms with Gasteiger partial charge in [0.1, 0.15) is 19.0 Å². The summed E-state index contributed by atoms with van der Waals surface area (Å²) in [4.78, 5) is 14.7. The highest BCUT2D eigenvalue weighted by atomic mass is 16.6. The summed E-state index contributed by atoms with van der Waals surface area (Å²) >= 11 is 0. The third-order valence-electron chi connectivity index (χ3n) is 5.20. The van der Waals surface area contributed by atoms with Gasteiger partial charge in [0.2, 0.25) is 5.91 Å². The molecule has 2 heterocycles. The largest absolute Gasteiger partial charge is 0.497 e. The van der Waals surface area contributed by atoms with Crippen LogP contribution in [0.25, 0.3) is 0 Å². The molecule has 6 heteroatoms. The highest BCUT2D eigenvalue weighted by Crippen LogP contribution is 2.33. The van der Waals surface area contributed by atoms with Gasteiger partial charge in [0.15, 0.2) is 11.5 Å². The van der Waals surface area contributed by atoms with E-state index in [4.69, 9.17) is 14.2 Å². The summed E-state index contributed by atoms with van der Waals surface area (Å²) in [5.41, 5.74) is 2.01. The molecule has 2 aliphatic heterocycles. The number of methoxy groups -OCH3 is 1. The van der Waals surface area contributed by atoms with Gasteiger partial charge in [-0.15, -0.1) is 0 Å². The number of anilines is 1. The van der Waals surface area contributed by atoms with E-state index in [2.05, 4.69) is 5.32 Å². The Bertz CT molecular complexity index is 822. The quantitative estimate of drug-likeness (QED) is 0.861. The zero-order valence-electron chi connectivity index (χ0n) is 16.1. The molecule has 0 aromatic heterocycles. The van der Waals surface area contributed by atoms with E-state index in [0.717, 1.165) is 47.9 Å². The first-order chi connectivity index (χ1) is 13.7. The van der Waals surface area contributed by atoms with Crippen molar-refractivity contribution in [3.05, 3.63) is 48.0 Å². The number of piperidine rings is 1. The van der Waals surface area contributed by atoms with Gasteiger partial charge in [0.05, 0.1) is 13.5 Å². The fraction of sp³-hybridized carbons (Fsp3) is 0.409. The van der Waals surface area contributed by atoms with Crippen LogP contribution >= 0.6 is 0 Å². The maximum Gasteiger partial charge on any atom is 0.227 e. The Morgan fingerprint density at radius 2 is 1.93 bits per heavy atom. The molecule has 2 aromatic rings. The Morgan fingerprint density at radius 1 is 1.14 bits per heavy atom. The van der Waals surface area contributed by atoms with E-state index < -0.39 is 0 Å². The van der Waals surface area contributed by atoms with Gasteiger partial charge in [-0.1, -0.05) is 12.1 Å². The van der Waals surface area contributed by atoms with Gasteiger partial charge in [-0.3, -0.25) is 4.79 Å². The zero-order chi connectivity index (χ0) is 19.3. The van der Waals surface area contributed by atoms with Gasteiger partial charge in [0.25, 0.3) is 0 Å². The summed E-state index contributed by atoms with van der Waals surface area (Å²) < 4.78 is 16.4. The Hall–Kier alpha value is -2.89. The second-order valence-electron chi connectivity index (χ2n) is 7.21. The molecule has 1 unspecified atom stereocenters. The molecule has 2 aliphatic rings. The van der Waals surface area contributed by atoms with Crippen LogP contribution in [0.3, 0.4) is 0 Å². The van der Waals surface area contributed by atoms with Crippen LogP contribution in [0.2, 0.25) is 0 Å². The molecule has 1 fully saturated rings. The fourth-order valence-corrected chi connectivity index (χ4v) is 3.72. The van der Waals surface area contributed by atoms with E-state index in [-0.39, 0.29) is 11.9 Å². The topological polar surface area (TPSA) is 60.0 Å². The van der Waals surface area contributed by atoms with Crippen molar-refractivity contribution in [2.45, 2.75) is 25.3 Å². The average Bonchev–Trinajstić information content (AvgIpc) is 2.74. The number of carbonyl (C=O) groups excluding carboxylic acids is 1. The summed E-state index contributed by atoms with van der Waals surface area (Å²) in [6.07, 6.45) is 2.46. The molecule has 0 spiro atoms. The molecule has 0 bridgehead atoms. The molecule has 0 aliphatic carbocycles. The number of nitrogens with one attached hydrogen (secondary N) is 1. The predicted octanol–water partition coefficient (Wildman–Crippen LogP) is 3.11. The van der Waals surface area contributed by atoms with Crippen LogP contribution in [0.15, 0.2) is 42.5 Å². The van der Waals surface area contributed by atoms with Gasteiger partial charge in [0, 0.05) is 30.9 Å². The summed E-state index contributed by atoms with van der Waals surface area (Å²) in [5.74, 6) is 2.54. The highest BCUT2D eigenvalue weighted by molar-refractivity contribution is 5.79. The lowest BCUT2D eigenvalue weighted by molar-refractivity contribution is -0.131. The number of hydrogen-bond acceptors (Lipinski definition) is 5. The van der Waals surface area contributed by atoms with Gasteiger partial charge < -0.3 is 24.4 Å². The Kier molecular flexibility index (Phi) is 5.55. The summed E-state index contributed by atoms with van der Waals surface area (Å²) in [6, 6.07) is 13.8. The molecule has 1 N–H and O–H groups in total. The number of carbonyl (C=O) groups is 1. The minimum absolute atomic E-state index is 0.166. The maximum atomic E-state index is 12.7. The average molecular weight is 382 g/mol. The normalized spacial score (nSPS) is 18.5. The third kappa shape index (κ3) is 4.32. The number of hydrogen-bond donors (Lipinski definition) is 1. The zero-order valence-corrected chi connectivity index (χ0v) is 16.1. The predicted molar refractivity (Wildman–Crippen MR) is 107 cm³/mol. The first kappa shape index (κ1) is 18.5. The molecule has 4 rings (SSSR count). The van der Waals surface area contributed by atoms with Gasteiger partial charge in [-0.25, -0.2) is 0 Å². The molecule has 6 nitrogen and oxygen atoms in total. The number of likely N-dealkylation sites (tertiary alicyclic amines) is 1. The summed E-state index contributed by atoms with van der Waals surface area (Å²) in [5, 5.41) is 3.55. The Balaban J connectivity index is 1.35. The van der Waals surface area contributed by atoms with Crippen molar-refractivity contribution >= 4 is 11.6 Å². The minimum atomic E-state index is 0.166. The molecule has 1 amide bonds. The van der Waals surface area contributed by atoms with Gasteiger partial charge in [-0.05, 0) is 42.7 Å². The molecular formula is C22H26N2O4. The molecule has 28 heavy (non-hydrogen) atoms. The summed E-state index contributed by atoms with van der Waals surface area (Å²) in [6.45, 7) is 2.69. The lowest BCUT2D eigenvalue weighted by atomic mass is 10.0. The first-order valence-corrected chi connectivity index (χ1v) is 9.78. The number of rotatable bonds is 5. The maximum absolute atomic E-state index is 12.7. The van der Waals surface area contributed by atoms with Crippen LogP contribution in [-0.2, 0) is 11.2 Å². The lowest BCUT2D eigenvalue weighted by Gasteiger charge is -2.34. The van der Waals surface area contributed by atoms with Crippen LogP contribution in [0.1, 0.15) is 18.4 Å². The van der Waals surface area contributed by atoms with Crippen molar-refractivity contribution in [2.75, 3.05) is 38.7 Å². The molecule has 0 saturated carbocycles. The van der Waals surface area contributed by atoms with Gasteiger partial charge >= 0.3 is 0 Å². The van der Waals surface area contributed by atoms with Crippen molar-refractivity contribution in [1.29, 1.82) is 0 Å². The van der Waals surface area contributed by atoms with Crippen LogP contribution in [0.4, 0.5) is 5.69 Å². The monoisotopic (exact) mass is 382 g/mol. The van der Waals surface area contributed by atoms with E-state index in [1.807, 2.05) is 47.4 Å². The van der Waals surface area contributed by atoms with E-state index in [1.165, 1.54) is 0 Å². The number of benzene rings is 2. The Labute approximate surface area is 165 Å². The fourth-order valence-electron chi connectivity index (χ4n) is 3.72. The summed E-state index contributed by atoms with van der Waals surface area (Å²) in [7, 11) is 1.64. The minimum Gasteiger partial charge on any atom is -0.497 e. The van der Waals surface area contributed by atoms with Crippen molar-refractivity contribution in [2.24, 2.45) is 0 Å². The van der Waals surface area contributed by atoms with E-state index in [1.54, 1.807) is 7.11 Å². The number of ether oxygens (including phenoxy) is 3. The molecule has 2 aromatic carbocycles. The number of amides is 1. The molecule has 148 valence electrons. The highest BCUT2D eigenvalue weighted by Gasteiger charge is 2.24. The van der Waals surface area contributed by atoms with Crippen molar-refractivity contribution < 1.29 is 19.0 Å². The number of fused-ring (bicyclic) bond motifs is 1. The third-order valence-corrected chi connectivity index (χ3v) is 5.20. The van der Waals surface area contributed by atoms with Crippen LogP contribution in [0.5, 0.6) is 17.2 Å². The van der Waals surface area contributed by atoms with E-state index >= 15 is 0 Å². The lowest BCUT2D eigenvalue weighted by Crippen LogP contribution is -2.45. The smallest absolute Gasteiger partial charge is 0.227 e. The van der Waals surface area contributed by atoms with E-state index in [0.29, 0.717) is 26.2 Å². The van der Waals surface area contributed by atoms with Crippen LogP contribution < -0.4 is 19.5 Å². The first-order valence-electron chi connectivity index (χ1n) is 9.78. The standard InChI is InChI=1S/C22H26N2O4/c1-26-19-7-4-16(5-8-19)13-22(25)24-10-2-3-18(15-24)23-17-6-9-20-21(14-17)28-12-11-27-20/h4-9,14,18,23H,2-3,10-13,15H2,1H3. The Morgan fingerprint density at radius 3 is 2.71 bits per heavy atom. The van der Waals surface area contributed by atoms with Crippen molar-refractivity contribution in [1.82, 2.24) is 4.90 Å². The number of nitrogens with zero attached hydrogens (tertiary/aromatic N) is 1. The van der Waals surface area contributed by atoms with Crippen LogP contribution in [-0.4, -0.2) is 50.3 Å². The SMILES string of the molecule is COc1ccc(CC(=O)N2CCCC(Nc3ccc4c(c3)OCCO4)C2)cc1. The molecule has 1 saturated heterocycles. The molecule has 1 atom stereocenters. The molecular weight excluding hydrogens is 356 g/mol. The van der Waals surface area contributed by atoms with Crippen molar-refractivity contribution in [3.63, 3.8) is 0 Å². The van der Waals surface area contributed by atoms with E-state index in [9.17, 15) is 4.79 Å². The molecule has 0 radical (unpaired) electrons. The van der Waals surface area contributed by atoms with Crippen molar-refractivity contribution in [3.8, 4) is 17.2 Å². The van der Waals surface area contributed by atoms with Crippen LogP contribution in [0, 0.1) is 0 Å². The second kappa shape index (κ2) is 8.42.